The van der Waals surface area contributed by atoms with E-state index in [0.717, 1.165) is 11.1 Å². The van der Waals surface area contributed by atoms with Crippen molar-refractivity contribution in [2.24, 2.45) is 4.99 Å². The summed E-state index contributed by atoms with van der Waals surface area (Å²) in [5.74, 6) is -0.0845. The minimum Gasteiger partial charge on any atom is -0.356 e. The Bertz CT molecular complexity index is 810. The molecule has 2 aromatic rings. The lowest BCUT2D eigenvalue weighted by Gasteiger charge is -2.13. The molecular formula is C19H20F2N4. The molecule has 0 fully saturated rings. The highest BCUT2D eigenvalue weighted by molar-refractivity contribution is 5.79. The standard InChI is InChI=1S/C19H20F2N4/c1-13-9-17(20)5-4-15(13)7-8-24-19(23-2)25-12-16-10-14(11-22)3-6-18(16)21/h3-6,9-10H,7-8,12H2,1-2H3,(H2,23,24,25). The van der Waals surface area contributed by atoms with E-state index in [1.807, 2.05) is 13.0 Å². The van der Waals surface area contributed by atoms with Crippen molar-refractivity contribution in [3.8, 4) is 6.07 Å². The number of hydrogen-bond donors (Lipinski definition) is 2. The van der Waals surface area contributed by atoms with Gasteiger partial charge in [-0.15, -0.1) is 0 Å². The molecule has 0 spiro atoms. The molecule has 0 saturated carbocycles. The van der Waals surface area contributed by atoms with Gasteiger partial charge in [-0.2, -0.15) is 5.26 Å². The van der Waals surface area contributed by atoms with Crippen LogP contribution in [-0.4, -0.2) is 19.6 Å². The highest BCUT2D eigenvalue weighted by Gasteiger charge is 2.06. The van der Waals surface area contributed by atoms with Gasteiger partial charge in [0.1, 0.15) is 11.6 Å². The van der Waals surface area contributed by atoms with Crippen molar-refractivity contribution < 1.29 is 8.78 Å². The highest BCUT2D eigenvalue weighted by atomic mass is 19.1. The normalized spacial score (nSPS) is 11.1. The van der Waals surface area contributed by atoms with Crippen molar-refractivity contribution in [1.29, 1.82) is 5.26 Å². The maximum Gasteiger partial charge on any atom is 0.191 e. The van der Waals surface area contributed by atoms with E-state index in [2.05, 4.69) is 15.6 Å². The zero-order valence-electron chi connectivity index (χ0n) is 14.2. The first kappa shape index (κ1) is 18.4. The Kier molecular flexibility index (Phi) is 6.47. The largest absolute Gasteiger partial charge is 0.356 e. The molecular weight excluding hydrogens is 322 g/mol. The number of nitriles is 1. The van der Waals surface area contributed by atoms with E-state index in [1.165, 1.54) is 30.3 Å². The van der Waals surface area contributed by atoms with Crippen molar-refractivity contribution in [3.05, 3.63) is 70.3 Å². The first-order valence-electron chi connectivity index (χ1n) is 7.91. The fourth-order valence-corrected chi connectivity index (χ4v) is 2.43. The number of aryl methyl sites for hydroxylation is 1. The summed E-state index contributed by atoms with van der Waals surface area (Å²) in [6.45, 7) is 2.69. The summed E-state index contributed by atoms with van der Waals surface area (Å²) in [6, 6.07) is 10.9. The van der Waals surface area contributed by atoms with Crippen LogP contribution in [0.4, 0.5) is 8.78 Å². The Morgan fingerprint density at radius 3 is 2.60 bits per heavy atom. The number of benzene rings is 2. The molecule has 0 aliphatic rings. The topological polar surface area (TPSA) is 60.2 Å². The van der Waals surface area contributed by atoms with Crippen LogP contribution >= 0.6 is 0 Å². The molecule has 0 saturated heterocycles. The monoisotopic (exact) mass is 342 g/mol. The smallest absolute Gasteiger partial charge is 0.191 e. The molecule has 2 aromatic carbocycles. The van der Waals surface area contributed by atoms with Gasteiger partial charge >= 0.3 is 0 Å². The summed E-state index contributed by atoms with van der Waals surface area (Å²) >= 11 is 0. The fraction of sp³-hybridized carbons (Fsp3) is 0.263. The predicted octanol–water partition coefficient (Wildman–Crippen LogP) is 3.05. The van der Waals surface area contributed by atoms with E-state index in [9.17, 15) is 8.78 Å². The third kappa shape index (κ3) is 5.28. The van der Waals surface area contributed by atoms with E-state index in [1.54, 1.807) is 13.1 Å². The zero-order chi connectivity index (χ0) is 18.2. The average molecular weight is 342 g/mol. The van der Waals surface area contributed by atoms with Gasteiger partial charge in [-0.1, -0.05) is 6.07 Å². The van der Waals surface area contributed by atoms with Crippen molar-refractivity contribution in [1.82, 2.24) is 10.6 Å². The molecule has 0 aliphatic carbocycles. The van der Waals surface area contributed by atoms with Crippen molar-refractivity contribution in [2.75, 3.05) is 13.6 Å². The van der Waals surface area contributed by atoms with Gasteiger partial charge < -0.3 is 10.6 Å². The van der Waals surface area contributed by atoms with E-state index in [4.69, 9.17) is 5.26 Å². The first-order chi connectivity index (χ1) is 12.0. The van der Waals surface area contributed by atoms with Gasteiger partial charge in [0.05, 0.1) is 11.6 Å². The molecule has 0 aromatic heterocycles. The number of aliphatic imine (C=N–C) groups is 1. The summed E-state index contributed by atoms with van der Waals surface area (Å²) < 4.78 is 26.9. The summed E-state index contributed by atoms with van der Waals surface area (Å²) in [5, 5.41) is 15.0. The Morgan fingerprint density at radius 1 is 1.12 bits per heavy atom. The molecule has 0 aliphatic heterocycles. The molecule has 0 unspecified atom stereocenters. The van der Waals surface area contributed by atoms with Crippen LogP contribution in [0.25, 0.3) is 0 Å². The van der Waals surface area contributed by atoms with Crippen LogP contribution in [0.5, 0.6) is 0 Å². The lowest BCUT2D eigenvalue weighted by Crippen LogP contribution is -2.38. The van der Waals surface area contributed by atoms with Gasteiger partial charge in [-0.25, -0.2) is 8.78 Å². The molecule has 0 radical (unpaired) electrons. The van der Waals surface area contributed by atoms with Gasteiger partial charge in [-0.3, -0.25) is 4.99 Å². The quantitative estimate of drug-likeness (QED) is 0.648. The minimum absolute atomic E-state index is 0.219. The second kappa shape index (κ2) is 8.78. The average Bonchev–Trinajstić information content (AvgIpc) is 2.60. The zero-order valence-corrected chi connectivity index (χ0v) is 14.2. The van der Waals surface area contributed by atoms with Gasteiger partial charge in [0.25, 0.3) is 0 Å². The summed E-state index contributed by atoms with van der Waals surface area (Å²) in [6.07, 6.45) is 0.713. The Morgan fingerprint density at radius 2 is 1.92 bits per heavy atom. The maximum absolute atomic E-state index is 13.8. The summed E-state index contributed by atoms with van der Waals surface area (Å²) in [7, 11) is 1.63. The molecule has 2 N–H and O–H groups in total. The lowest BCUT2D eigenvalue weighted by atomic mass is 10.1. The molecule has 0 bridgehead atoms. The van der Waals surface area contributed by atoms with E-state index < -0.39 is 0 Å². The highest BCUT2D eigenvalue weighted by Crippen LogP contribution is 2.11. The van der Waals surface area contributed by atoms with Crippen molar-refractivity contribution in [3.63, 3.8) is 0 Å². The van der Waals surface area contributed by atoms with Crippen LogP contribution in [0.3, 0.4) is 0 Å². The van der Waals surface area contributed by atoms with Crippen molar-refractivity contribution in [2.45, 2.75) is 19.9 Å². The number of halogens is 2. The van der Waals surface area contributed by atoms with Crippen LogP contribution in [0.1, 0.15) is 22.3 Å². The van der Waals surface area contributed by atoms with E-state index in [0.29, 0.717) is 30.1 Å². The number of rotatable bonds is 5. The van der Waals surface area contributed by atoms with Crippen LogP contribution in [0, 0.1) is 29.9 Å². The van der Waals surface area contributed by atoms with E-state index >= 15 is 0 Å². The van der Waals surface area contributed by atoms with Gasteiger partial charge in [0.2, 0.25) is 0 Å². The lowest BCUT2D eigenvalue weighted by molar-refractivity contribution is 0.604. The Labute approximate surface area is 146 Å². The molecule has 0 amide bonds. The number of nitrogens with zero attached hydrogens (tertiary/aromatic N) is 2. The fourth-order valence-electron chi connectivity index (χ4n) is 2.43. The summed E-state index contributed by atoms with van der Waals surface area (Å²) in [4.78, 5) is 4.09. The van der Waals surface area contributed by atoms with Gasteiger partial charge in [0, 0.05) is 25.7 Å². The molecule has 6 heteroatoms. The van der Waals surface area contributed by atoms with Gasteiger partial charge in [-0.05, 0) is 54.8 Å². The van der Waals surface area contributed by atoms with Crippen LogP contribution in [0.2, 0.25) is 0 Å². The molecule has 2 rings (SSSR count). The molecule has 0 atom stereocenters. The minimum atomic E-state index is -0.371. The maximum atomic E-state index is 13.8. The van der Waals surface area contributed by atoms with Crippen LogP contribution in [0.15, 0.2) is 41.4 Å². The first-order valence-corrected chi connectivity index (χ1v) is 7.91. The Hall–Kier alpha value is -2.94. The molecule has 130 valence electrons. The molecule has 0 heterocycles. The number of guanidine groups is 1. The van der Waals surface area contributed by atoms with Crippen LogP contribution < -0.4 is 10.6 Å². The van der Waals surface area contributed by atoms with E-state index in [-0.39, 0.29) is 18.2 Å². The predicted molar refractivity (Wildman–Crippen MR) is 94.2 cm³/mol. The number of nitrogens with one attached hydrogen (secondary N) is 2. The molecule has 4 nitrogen and oxygen atoms in total. The summed E-state index contributed by atoms with van der Waals surface area (Å²) in [5.41, 5.74) is 2.77. The molecule has 25 heavy (non-hydrogen) atoms. The second-order valence-corrected chi connectivity index (χ2v) is 5.59. The third-order valence-electron chi connectivity index (χ3n) is 3.84. The third-order valence-corrected chi connectivity index (χ3v) is 3.84. The van der Waals surface area contributed by atoms with Crippen LogP contribution in [-0.2, 0) is 13.0 Å². The Balaban J connectivity index is 1.88. The van der Waals surface area contributed by atoms with Gasteiger partial charge in [0.15, 0.2) is 5.96 Å². The van der Waals surface area contributed by atoms with Crippen molar-refractivity contribution >= 4 is 5.96 Å². The second-order valence-electron chi connectivity index (χ2n) is 5.59. The number of hydrogen-bond acceptors (Lipinski definition) is 2. The SMILES string of the molecule is CN=C(NCCc1ccc(F)cc1C)NCc1cc(C#N)ccc1F.